The van der Waals surface area contributed by atoms with E-state index in [1.165, 1.54) is 0 Å². The Morgan fingerprint density at radius 2 is 2.00 bits per heavy atom. The minimum Gasteiger partial charge on any atom is -0.507 e. The molecular weight excluding hydrogens is 334 g/mol. The number of fused-ring (bicyclic) bond motifs is 1. The number of phenols is 1. The fourth-order valence-corrected chi connectivity index (χ4v) is 4.24. The SMILES string of the molecule is Cc1cc(-c2ccc3sccc3c2O)nnc1N[C@@H]1CCCC[C@H]1O. The van der Waals surface area contributed by atoms with E-state index in [2.05, 4.69) is 15.5 Å². The van der Waals surface area contributed by atoms with Gasteiger partial charge in [-0.25, -0.2) is 0 Å². The van der Waals surface area contributed by atoms with Crippen LogP contribution in [0.3, 0.4) is 0 Å². The van der Waals surface area contributed by atoms with E-state index in [1.807, 2.05) is 36.6 Å². The molecule has 2 atom stereocenters. The molecule has 1 fully saturated rings. The summed E-state index contributed by atoms with van der Waals surface area (Å²) < 4.78 is 1.05. The summed E-state index contributed by atoms with van der Waals surface area (Å²) in [7, 11) is 0. The summed E-state index contributed by atoms with van der Waals surface area (Å²) in [6, 6.07) is 7.76. The van der Waals surface area contributed by atoms with Crippen LogP contribution in [0.15, 0.2) is 29.6 Å². The van der Waals surface area contributed by atoms with Crippen molar-refractivity contribution < 1.29 is 10.2 Å². The van der Waals surface area contributed by atoms with Gasteiger partial charge < -0.3 is 15.5 Å². The topological polar surface area (TPSA) is 78.3 Å². The number of hydrogen-bond donors (Lipinski definition) is 3. The van der Waals surface area contributed by atoms with E-state index < -0.39 is 0 Å². The second kappa shape index (κ2) is 6.61. The normalized spacial score (nSPS) is 20.7. The lowest BCUT2D eigenvalue weighted by molar-refractivity contribution is 0.116. The quantitative estimate of drug-likeness (QED) is 0.659. The maximum absolute atomic E-state index is 10.5. The van der Waals surface area contributed by atoms with E-state index in [0.717, 1.165) is 41.3 Å². The van der Waals surface area contributed by atoms with E-state index in [1.54, 1.807) is 11.3 Å². The van der Waals surface area contributed by atoms with Crippen molar-refractivity contribution in [3.05, 3.63) is 35.2 Å². The molecule has 25 heavy (non-hydrogen) atoms. The van der Waals surface area contributed by atoms with E-state index in [0.29, 0.717) is 17.1 Å². The van der Waals surface area contributed by atoms with Crippen LogP contribution in [-0.4, -0.2) is 32.6 Å². The predicted molar refractivity (Wildman–Crippen MR) is 101 cm³/mol. The summed E-state index contributed by atoms with van der Waals surface area (Å²) in [6.45, 7) is 1.97. The Hall–Kier alpha value is -2.18. The molecule has 0 radical (unpaired) electrons. The highest BCUT2D eigenvalue weighted by molar-refractivity contribution is 7.17. The van der Waals surface area contributed by atoms with Gasteiger partial charge in [0, 0.05) is 15.6 Å². The molecule has 5 nitrogen and oxygen atoms in total. The molecule has 3 N–H and O–H groups in total. The highest BCUT2D eigenvalue weighted by Gasteiger charge is 2.24. The van der Waals surface area contributed by atoms with E-state index in [-0.39, 0.29) is 17.9 Å². The minimum atomic E-state index is -0.334. The molecule has 2 heterocycles. The first-order chi connectivity index (χ1) is 12.1. The fourth-order valence-electron chi connectivity index (χ4n) is 3.45. The lowest BCUT2D eigenvalue weighted by Gasteiger charge is -2.29. The number of nitrogens with zero attached hydrogens (tertiary/aromatic N) is 2. The van der Waals surface area contributed by atoms with Crippen molar-refractivity contribution >= 4 is 27.2 Å². The summed E-state index contributed by atoms with van der Waals surface area (Å²) in [5.41, 5.74) is 2.29. The Morgan fingerprint density at radius 1 is 1.16 bits per heavy atom. The van der Waals surface area contributed by atoms with Crippen LogP contribution in [0.5, 0.6) is 5.75 Å². The summed E-state index contributed by atoms with van der Waals surface area (Å²) in [5.74, 6) is 0.946. The molecular formula is C19H21N3O2S. The second-order valence-corrected chi connectivity index (χ2v) is 7.61. The van der Waals surface area contributed by atoms with Crippen molar-refractivity contribution in [2.24, 2.45) is 0 Å². The van der Waals surface area contributed by atoms with E-state index in [4.69, 9.17) is 0 Å². The van der Waals surface area contributed by atoms with Gasteiger partial charge in [-0.3, -0.25) is 0 Å². The zero-order chi connectivity index (χ0) is 17.4. The largest absolute Gasteiger partial charge is 0.507 e. The number of rotatable bonds is 3. The van der Waals surface area contributed by atoms with Crippen LogP contribution in [0, 0.1) is 6.92 Å². The van der Waals surface area contributed by atoms with Gasteiger partial charge in [0.1, 0.15) is 5.75 Å². The fraction of sp³-hybridized carbons (Fsp3) is 0.368. The summed E-state index contributed by atoms with van der Waals surface area (Å²) in [4.78, 5) is 0. The molecule has 2 aromatic heterocycles. The Labute approximate surface area is 150 Å². The molecule has 1 saturated carbocycles. The lowest BCUT2D eigenvalue weighted by atomic mass is 9.92. The van der Waals surface area contributed by atoms with Crippen LogP contribution in [0.25, 0.3) is 21.3 Å². The van der Waals surface area contributed by atoms with Gasteiger partial charge in [0.15, 0.2) is 5.82 Å². The van der Waals surface area contributed by atoms with Crippen molar-refractivity contribution in [1.82, 2.24) is 10.2 Å². The van der Waals surface area contributed by atoms with Gasteiger partial charge in [0.05, 0.1) is 17.8 Å². The highest BCUT2D eigenvalue weighted by atomic mass is 32.1. The number of aromatic hydroxyl groups is 1. The average Bonchev–Trinajstić information content (AvgIpc) is 3.09. The molecule has 4 rings (SSSR count). The number of hydrogen-bond acceptors (Lipinski definition) is 6. The Kier molecular flexibility index (Phi) is 4.31. The second-order valence-electron chi connectivity index (χ2n) is 6.66. The molecule has 1 aliphatic carbocycles. The highest BCUT2D eigenvalue weighted by Crippen LogP contribution is 2.37. The zero-order valence-electron chi connectivity index (χ0n) is 14.1. The molecule has 0 unspecified atom stereocenters. The molecule has 130 valence electrons. The molecule has 6 heteroatoms. The van der Waals surface area contributed by atoms with Gasteiger partial charge >= 0.3 is 0 Å². The van der Waals surface area contributed by atoms with Crippen molar-refractivity contribution in [2.75, 3.05) is 5.32 Å². The monoisotopic (exact) mass is 355 g/mol. The number of phenolic OH excluding ortho intramolecular Hbond substituents is 1. The van der Waals surface area contributed by atoms with Gasteiger partial charge in [0.25, 0.3) is 0 Å². The third kappa shape index (κ3) is 3.07. The van der Waals surface area contributed by atoms with Gasteiger partial charge in [-0.15, -0.1) is 21.5 Å². The first kappa shape index (κ1) is 16.3. The maximum atomic E-state index is 10.5. The Balaban J connectivity index is 1.63. The molecule has 3 aromatic rings. The number of aryl methyl sites for hydroxylation is 1. The molecule has 0 bridgehead atoms. The minimum absolute atomic E-state index is 0.0307. The average molecular weight is 355 g/mol. The van der Waals surface area contributed by atoms with Crippen molar-refractivity contribution in [1.29, 1.82) is 0 Å². The number of aliphatic hydroxyl groups is 1. The maximum Gasteiger partial charge on any atom is 0.151 e. The molecule has 0 saturated heterocycles. The molecule has 1 aromatic carbocycles. The predicted octanol–water partition coefficient (Wildman–Crippen LogP) is 4.09. The van der Waals surface area contributed by atoms with Gasteiger partial charge in [-0.1, -0.05) is 12.8 Å². The first-order valence-electron chi connectivity index (χ1n) is 8.62. The molecule has 1 aliphatic rings. The Bertz CT molecular complexity index is 909. The van der Waals surface area contributed by atoms with Crippen molar-refractivity contribution in [2.45, 2.75) is 44.8 Å². The molecule has 0 aliphatic heterocycles. The number of aromatic nitrogens is 2. The first-order valence-corrected chi connectivity index (χ1v) is 9.50. The number of thiophene rings is 1. The van der Waals surface area contributed by atoms with Gasteiger partial charge in [-0.2, -0.15) is 0 Å². The number of anilines is 1. The summed E-state index contributed by atoms with van der Waals surface area (Å²) >= 11 is 1.60. The summed E-state index contributed by atoms with van der Waals surface area (Å²) in [6.07, 6.45) is 3.64. The van der Waals surface area contributed by atoms with Crippen LogP contribution in [0.4, 0.5) is 5.82 Å². The van der Waals surface area contributed by atoms with Crippen LogP contribution >= 0.6 is 11.3 Å². The van der Waals surface area contributed by atoms with E-state index >= 15 is 0 Å². The van der Waals surface area contributed by atoms with Crippen molar-refractivity contribution in [3.63, 3.8) is 0 Å². The third-order valence-corrected chi connectivity index (χ3v) is 5.80. The van der Waals surface area contributed by atoms with Crippen LogP contribution in [-0.2, 0) is 0 Å². The number of benzene rings is 1. The number of aliphatic hydroxyl groups excluding tert-OH is 1. The Morgan fingerprint density at radius 3 is 2.80 bits per heavy atom. The van der Waals surface area contributed by atoms with Gasteiger partial charge in [-0.05, 0) is 55.0 Å². The van der Waals surface area contributed by atoms with Gasteiger partial charge in [0.2, 0.25) is 0 Å². The smallest absolute Gasteiger partial charge is 0.151 e. The standard InChI is InChI=1S/C19H21N3O2S/c1-11-10-15(12-6-7-17-13(18(12)24)8-9-25-17)21-22-19(11)20-14-4-2-3-5-16(14)23/h6-10,14,16,23-24H,2-5H2,1H3,(H,20,22)/t14-,16-/m1/s1. The zero-order valence-corrected chi connectivity index (χ0v) is 14.9. The molecule has 0 spiro atoms. The van der Waals surface area contributed by atoms with Crippen LogP contribution < -0.4 is 5.32 Å². The lowest BCUT2D eigenvalue weighted by Crippen LogP contribution is -2.36. The number of nitrogens with one attached hydrogen (secondary N) is 1. The summed E-state index contributed by atoms with van der Waals surface area (Å²) in [5, 5.41) is 35.4. The van der Waals surface area contributed by atoms with Crippen LogP contribution in [0.2, 0.25) is 0 Å². The van der Waals surface area contributed by atoms with Crippen LogP contribution in [0.1, 0.15) is 31.2 Å². The molecule has 0 amide bonds. The van der Waals surface area contributed by atoms with Crippen molar-refractivity contribution in [3.8, 4) is 17.0 Å². The third-order valence-electron chi connectivity index (χ3n) is 4.92. The van der Waals surface area contributed by atoms with E-state index in [9.17, 15) is 10.2 Å².